The quantitative estimate of drug-likeness (QED) is 0.172. The number of fused-ring (bicyclic) bond motifs is 4. The van der Waals surface area contributed by atoms with E-state index in [-0.39, 0.29) is 16.2 Å². The highest BCUT2D eigenvalue weighted by Crippen LogP contribution is 2.69. The number of benzene rings is 5. The highest BCUT2D eigenvalue weighted by Gasteiger charge is 2.61. The summed E-state index contributed by atoms with van der Waals surface area (Å²) in [6, 6.07) is 44.1. The van der Waals surface area contributed by atoms with E-state index in [1.807, 2.05) is 0 Å². The summed E-state index contributed by atoms with van der Waals surface area (Å²) in [5.41, 5.74) is 18.5. The van der Waals surface area contributed by atoms with Crippen LogP contribution in [0.3, 0.4) is 0 Å². The molecule has 0 N–H and O–H groups in total. The average molecular weight is 774 g/mol. The van der Waals surface area contributed by atoms with Crippen molar-refractivity contribution in [3.05, 3.63) is 137 Å². The minimum Gasteiger partial charge on any atom is -0.310 e. The molecule has 5 aromatic carbocycles. The summed E-state index contributed by atoms with van der Waals surface area (Å²) in [6.07, 6.45) is 18.4. The normalized spacial score (nSPS) is 34.5. The first-order valence-electron chi connectivity index (χ1n) is 24.0. The molecule has 8 saturated carbocycles. The van der Waals surface area contributed by atoms with E-state index in [9.17, 15) is 0 Å². The fraction of sp³-hybridized carbons (Fsp3) is 0.483. The Kier molecular flexibility index (Phi) is 7.41. The maximum atomic E-state index is 2.66. The van der Waals surface area contributed by atoms with Crippen LogP contribution in [-0.2, 0) is 21.7 Å². The van der Waals surface area contributed by atoms with E-state index in [1.165, 1.54) is 134 Å². The lowest BCUT2D eigenvalue weighted by Gasteiger charge is -2.61. The van der Waals surface area contributed by atoms with Gasteiger partial charge in [-0.2, -0.15) is 0 Å². The van der Waals surface area contributed by atoms with Crippen LogP contribution < -0.4 is 4.90 Å². The van der Waals surface area contributed by atoms with Crippen LogP contribution in [0.2, 0.25) is 0 Å². The van der Waals surface area contributed by atoms with Gasteiger partial charge in [-0.25, -0.2) is 0 Å². The fourth-order valence-electron chi connectivity index (χ4n) is 16.9. The molecule has 1 nitrogen and oxygen atoms in total. The summed E-state index contributed by atoms with van der Waals surface area (Å²) in [5, 5.41) is 0. The van der Waals surface area contributed by atoms with Crippen LogP contribution >= 0.6 is 0 Å². The zero-order valence-electron chi connectivity index (χ0n) is 36.1. The van der Waals surface area contributed by atoms with E-state index in [1.54, 1.807) is 16.7 Å². The Labute approximate surface area is 354 Å². The summed E-state index contributed by atoms with van der Waals surface area (Å²) < 4.78 is 0. The molecule has 1 spiro atoms. The molecule has 15 rings (SSSR count). The molecule has 8 fully saturated rings. The van der Waals surface area contributed by atoms with Gasteiger partial charge in [0.15, 0.2) is 0 Å². The van der Waals surface area contributed by atoms with E-state index in [0.29, 0.717) is 5.41 Å². The third-order valence-corrected chi connectivity index (χ3v) is 18.9. The molecular weight excluding hydrogens is 711 g/mol. The lowest BCUT2D eigenvalue weighted by Crippen LogP contribution is -2.55. The maximum Gasteiger partial charge on any atom is 0.0502 e. The van der Waals surface area contributed by atoms with Gasteiger partial charge < -0.3 is 4.90 Å². The molecule has 0 unspecified atom stereocenters. The second-order valence-electron chi connectivity index (χ2n) is 23.1. The molecule has 1 heteroatoms. The fourth-order valence-corrected chi connectivity index (χ4v) is 16.9. The van der Waals surface area contributed by atoms with E-state index < -0.39 is 0 Å². The second kappa shape index (κ2) is 12.3. The van der Waals surface area contributed by atoms with Gasteiger partial charge >= 0.3 is 0 Å². The molecule has 0 atom stereocenters. The van der Waals surface area contributed by atoms with Gasteiger partial charge in [-0.15, -0.1) is 0 Å². The van der Waals surface area contributed by atoms with Crippen LogP contribution in [0.25, 0.3) is 22.3 Å². The minimum atomic E-state index is 0.0919. The van der Waals surface area contributed by atoms with Gasteiger partial charge in [-0.1, -0.05) is 100 Å². The van der Waals surface area contributed by atoms with Gasteiger partial charge in [0.05, 0.1) is 5.69 Å². The zero-order chi connectivity index (χ0) is 39.5. The largest absolute Gasteiger partial charge is 0.310 e. The first-order chi connectivity index (χ1) is 28.6. The molecule has 0 saturated heterocycles. The van der Waals surface area contributed by atoms with Crippen molar-refractivity contribution in [1.82, 2.24) is 0 Å². The lowest BCUT2D eigenvalue weighted by molar-refractivity contribution is -0.0399. The van der Waals surface area contributed by atoms with Crippen molar-refractivity contribution in [3.8, 4) is 22.3 Å². The lowest BCUT2D eigenvalue weighted by atomic mass is 9.43. The predicted molar refractivity (Wildman–Crippen MR) is 245 cm³/mol. The molecule has 0 amide bonds. The van der Waals surface area contributed by atoms with E-state index in [4.69, 9.17) is 0 Å². The van der Waals surface area contributed by atoms with Crippen LogP contribution in [-0.4, -0.2) is 0 Å². The van der Waals surface area contributed by atoms with Gasteiger partial charge in [0.25, 0.3) is 0 Å². The second-order valence-corrected chi connectivity index (χ2v) is 23.1. The Balaban J connectivity index is 0.912. The van der Waals surface area contributed by atoms with Gasteiger partial charge in [0.2, 0.25) is 0 Å². The number of nitrogens with zero attached hydrogens (tertiary/aromatic N) is 1. The van der Waals surface area contributed by atoms with Crippen LogP contribution in [0.15, 0.2) is 109 Å². The van der Waals surface area contributed by atoms with Crippen molar-refractivity contribution in [3.63, 3.8) is 0 Å². The van der Waals surface area contributed by atoms with Crippen molar-refractivity contribution in [2.75, 3.05) is 4.90 Å². The van der Waals surface area contributed by atoms with Crippen molar-refractivity contribution in [2.45, 2.75) is 133 Å². The van der Waals surface area contributed by atoms with Crippen molar-refractivity contribution in [2.24, 2.45) is 41.4 Å². The third-order valence-electron chi connectivity index (χ3n) is 18.9. The number of hydrogen-bond acceptors (Lipinski definition) is 1. The van der Waals surface area contributed by atoms with Crippen molar-refractivity contribution >= 4 is 17.1 Å². The number of anilines is 3. The van der Waals surface area contributed by atoms with E-state index in [2.05, 4.69) is 142 Å². The Morgan fingerprint density at radius 3 is 1.66 bits per heavy atom. The molecule has 10 aliphatic rings. The monoisotopic (exact) mass is 773 g/mol. The van der Waals surface area contributed by atoms with Gasteiger partial charge in [-0.3, -0.25) is 0 Å². The smallest absolute Gasteiger partial charge is 0.0502 e. The summed E-state index contributed by atoms with van der Waals surface area (Å²) >= 11 is 0. The van der Waals surface area contributed by atoms with Crippen LogP contribution in [0.5, 0.6) is 0 Å². The molecular formula is C58H63N. The molecule has 0 aliphatic heterocycles. The molecule has 5 aromatic rings. The number of rotatable bonds is 5. The highest BCUT2D eigenvalue weighted by atomic mass is 15.1. The molecule has 10 aliphatic carbocycles. The Morgan fingerprint density at radius 1 is 0.458 bits per heavy atom. The first-order valence-corrected chi connectivity index (χ1v) is 24.0. The molecule has 0 radical (unpaired) electrons. The first kappa shape index (κ1) is 35.6. The zero-order valence-corrected chi connectivity index (χ0v) is 36.1. The van der Waals surface area contributed by atoms with Crippen LogP contribution in [0.4, 0.5) is 17.1 Å². The van der Waals surface area contributed by atoms with Crippen LogP contribution in [0.1, 0.15) is 139 Å². The third kappa shape index (κ3) is 5.03. The number of hydrogen-bond donors (Lipinski definition) is 0. The van der Waals surface area contributed by atoms with Crippen molar-refractivity contribution in [1.29, 1.82) is 0 Å². The van der Waals surface area contributed by atoms with Gasteiger partial charge in [0.1, 0.15) is 0 Å². The van der Waals surface area contributed by atoms with Crippen molar-refractivity contribution < 1.29 is 0 Å². The predicted octanol–water partition coefficient (Wildman–Crippen LogP) is 15.4. The summed E-state index contributed by atoms with van der Waals surface area (Å²) in [5.74, 6) is 6.35. The van der Waals surface area contributed by atoms with E-state index in [0.717, 1.165) is 41.4 Å². The molecule has 8 bridgehead atoms. The highest BCUT2D eigenvalue weighted by molar-refractivity contribution is 5.86. The van der Waals surface area contributed by atoms with Crippen LogP contribution in [0, 0.1) is 41.4 Å². The molecule has 0 heterocycles. The standard InChI is InChI=1S/C58H63N/c1-55(2)22-23-56(3,4)54-51(55)10-7-11-53(54)59(47-19-15-43(16-20-47)57-33-38-25-39(34-57)27-40(26-38)35-57)46-17-12-41(13-18-46)42-14-21-49-48-8-5-6-9-50(48)58(52(49)32-42)44-28-36-24-37(30-44)31-45(58)29-36/h5-21,32,36-40,44-45H,22-31,33-35H2,1-4H3. The SMILES string of the molecule is CC1(C)CCC(C)(C)c2c(N(c3ccc(-c4ccc5c(c4)C4(c6ccccc6-5)C5CC6CC(C5)CC4C6)cc3)c3ccc(C45CC6CC(CC(C6)C4)C5)cc3)cccc21. The molecule has 0 aromatic heterocycles. The Bertz CT molecular complexity index is 2430. The van der Waals surface area contributed by atoms with Gasteiger partial charge in [-0.05, 0) is 228 Å². The topological polar surface area (TPSA) is 3.24 Å². The summed E-state index contributed by atoms with van der Waals surface area (Å²) in [7, 11) is 0. The minimum absolute atomic E-state index is 0.0919. The molecule has 59 heavy (non-hydrogen) atoms. The summed E-state index contributed by atoms with van der Waals surface area (Å²) in [4.78, 5) is 2.62. The Morgan fingerprint density at radius 2 is 1.00 bits per heavy atom. The Hall–Kier alpha value is -4.10. The summed E-state index contributed by atoms with van der Waals surface area (Å²) in [6.45, 7) is 9.91. The maximum absolute atomic E-state index is 2.66. The molecule has 300 valence electrons. The average Bonchev–Trinajstić information content (AvgIpc) is 3.51. The van der Waals surface area contributed by atoms with E-state index >= 15 is 0 Å². The van der Waals surface area contributed by atoms with Gasteiger partial charge in [0, 0.05) is 16.8 Å².